The van der Waals surface area contributed by atoms with E-state index in [9.17, 15) is 4.79 Å². The van der Waals surface area contributed by atoms with Crippen molar-refractivity contribution in [3.63, 3.8) is 0 Å². The summed E-state index contributed by atoms with van der Waals surface area (Å²) in [6.07, 6.45) is 5.80. The molecule has 4 heteroatoms. The number of rotatable bonds is 3. The van der Waals surface area contributed by atoms with Gasteiger partial charge in [-0.3, -0.25) is 9.69 Å². The fourth-order valence-electron chi connectivity index (χ4n) is 3.67. The lowest BCUT2D eigenvalue weighted by Gasteiger charge is -2.24. The van der Waals surface area contributed by atoms with Gasteiger partial charge in [0, 0.05) is 42.2 Å². The molecular formula is C18H25IN2O. The summed E-state index contributed by atoms with van der Waals surface area (Å²) in [5, 5.41) is 0. The van der Waals surface area contributed by atoms with Gasteiger partial charge in [0.15, 0.2) is 0 Å². The molecule has 2 fully saturated rings. The summed E-state index contributed by atoms with van der Waals surface area (Å²) in [5.41, 5.74) is 1.38. The Morgan fingerprint density at radius 1 is 1.09 bits per heavy atom. The molecule has 0 unspecified atom stereocenters. The van der Waals surface area contributed by atoms with Crippen molar-refractivity contribution in [2.75, 3.05) is 26.2 Å². The number of hydrogen-bond donors (Lipinski definition) is 0. The molecule has 1 amide bonds. The average Bonchev–Trinajstić information content (AvgIpc) is 2.94. The Labute approximate surface area is 147 Å². The van der Waals surface area contributed by atoms with Gasteiger partial charge >= 0.3 is 0 Å². The lowest BCUT2D eigenvalue weighted by atomic mass is 10.1. The van der Waals surface area contributed by atoms with Gasteiger partial charge in [0.2, 0.25) is 5.91 Å². The van der Waals surface area contributed by atoms with Crippen LogP contribution in [0.25, 0.3) is 0 Å². The van der Waals surface area contributed by atoms with E-state index >= 15 is 0 Å². The predicted molar refractivity (Wildman–Crippen MR) is 97.6 cm³/mol. The largest absolute Gasteiger partial charge is 0.341 e. The molecule has 0 spiro atoms. The lowest BCUT2D eigenvalue weighted by Crippen LogP contribution is -2.38. The number of amides is 1. The number of nitrogens with zero attached hydrogens (tertiary/aromatic N) is 2. The van der Waals surface area contributed by atoms with Gasteiger partial charge in [0.05, 0.1) is 0 Å². The quantitative estimate of drug-likeness (QED) is 0.710. The van der Waals surface area contributed by atoms with Crippen LogP contribution in [0.15, 0.2) is 24.3 Å². The molecule has 1 saturated carbocycles. The second-order valence-electron chi connectivity index (χ2n) is 6.57. The molecule has 3 rings (SSSR count). The van der Waals surface area contributed by atoms with Crippen LogP contribution >= 0.6 is 22.6 Å². The molecule has 1 aliphatic heterocycles. The highest BCUT2D eigenvalue weighted by Crippen LogP contribution is 2.27. The van der Waals surface area contributed by atoms with Crippen LogP contribution in [-0.4, -0.2) is 41.9 Å². The maximum Gasteiger partial charge on any atom is 0.225 e. The Bertz CT molecular complexity index is 514. The van der Waals surface area contributed by atoms with Crippen molar-refractivity contribution in [3.8, 4) is 0 Å². The summed E-state index contributed by atoms with van der Waals surface area (Å²) in [5.74, 6) is 0.746. The molecule has 0 N–H and O–H groups in total. The summed E-state index contributed by atoms with van der Waals surface area (Å²) in [4.78, 5) is 17.2. The van der Waals surface area contributed by atoms with Gasteiger partial charge in [-0.15, -0.1) is 0 Å². The minimum Gasteiger partial charge on any atom is -0.341 e. The zero-order valence-electron chi connectivity index (χ0n) is 13.1. The van der Waals surface area contributed by atoms with E-state index in [-0.39, 0.29) is 0 Å². The summed E-state index contributed by atoms with van der Waals surface area (Å²) < 4.78 is 1.29. The molecule has 2 aliphatic rings. The Hall–Kier alpha value is -0.620. The van der Waals surface area contributed by atoms with E-state index in [0.717, 1.165) is 52.0 Å². The molecule has 120 valence electrons. The van der Waals surface area contributed by atoms with Gasteiger partial charge < -0.3 is 4.90 Å². The first-order chi connectivity index (χ1) is 10.7. The SMILES string of the molecule is O=C(C1CCCC1)N1CCCN(Cc2cccc(I)c2)CC1. The fourth-order valence-corrected chi connectivity index (χ4v) is 4.28. The number of carbonyl (C=O) groups excluding carboxylic acids is 1. The second-order valence-corrected chi connectivity index (χ2v) is 7.81. The Morgan fingerprint density at radius 2 is 1.91 bits per heavy atom. The van der Waals surface area contributed by atoms with E-state index in [1.54, 1.807) is 0 Å². The number of carbonyl (C=O) groups is 1. The Morgan fingerprint density at radius 3 is 2.68 bits per heavy atom. The maximum atomic E-state index is 12.6. The van der Waals surface area contributed by atoms with Crippen molar-refractivity contribution in [2.24, 2.45) is 5.92 Å². The van der Waals surface area contributed by atoms with Crippen molar-refractivity contribution in [2.45, 2.75) is 38.6 Å². The van der Waals surface area contributed by atoms with E-state index in [1.165, 1.54) is 22.0 Å². The zero-order valence-corrected chi connectivity index (χ0v) is 15.3. The minimum absolute atomic E-state index is 0.322. The third-order valence-electron chi connectivity index (χ3n) is 4.90. The molecule has 1 heterocycles. The van der Waals surface area contributed by atoms with Gasteiger partial charge in [-0.25, -0.2) is 0 Å². The van der Waals surface area contributed by atoms with Crippen LogP contribution in [0.4, 0.5) is 0 Å². The highest BCUT2D eigenvalue weighted by molar-refractivity contribution is 14.1. The molecule has 0 radical (unpaired) electrons. The van der Waals surface area contributed by atoms with Crippen molar-refractivity contribution in [1.82, 2.24) is 9.80 Å². The van der Waals surface area contributed by atoms with Crippen molar-refractivity contribution < 1.29 is 4.79 Å². The van der Waals surface area contributed by atoms with Gasteiger partial charge in [0.25, 0.3) is 0 Å². The van der Waals surface area contributed by atoms with Gasteiger partial charge in [-0.05, 0) is 59.5 Å². The molecule has 1 aromatic rings. The molecule has 0 bridgehead atoms. The first kappa shape index (κ1) is 16.2. The monoisotopic (exact) mass is 412 g/mol. The lowest BCUT2D eigenvalue weighted by molar-refractivity contribution is -0.135. The first-order valence-electron chi connectivity index (χ1n) is 8.48. The third-order valence-corrected chi connectivity index (χ3v) is 5.57. The number of halogens is 1. The summed E-state index contributed by atoms with van der Waals surface area (Å²) in [6, 6.07) is 8.72. The molecule has 22 heavy (non-hydrogen) atoms. The summed E-state index contributed by atoms with van der Waals surface area (Å²) >= 11 is 2.37. The van der Waals surface area contributed by atoms with Gasteiger partial charge in [-0.1, -0.05) is 25.0 Å². The second kappa shape index (κ2) is 7.77. The van der Waals surface area contributed by atoms with E-state index < -0.39 is 0 Å². The smallest absolute Gasteiger partial charge is 0.225 e. The summed E-state index contributed by atoms with van der Waals surface area (Å²) in [6.45, 7) is 4.95. The van der Waals surface area contributed by atoms with Crippen LogP contribution in [-0.2, 0) is 11.3 Å². The van der Waals surface area contributed by atoms with E-state index in [1.807, 2.05) is 0 Å². The molecule has 1 aromatic carbocycles. The van der Waals surface area contributed by atoms with Crippen molar-refractivity contribution in [1.29, 1.82) is 0 Å². The topological polar surface area (TPSA) is 23.6 Å². The Balaban J connectivity index is 1.54. The van der Waals surface area contributed by atoms with E-state index in [0.29, 0.717) is 11.8 Å². The Kier molecular flexibility index (Phi) is 5.74. The molecule has 1 aliphatic carbocycles. The van der Waals surface area contributed by atoms with E-state index in [4.69, 9.17) is 0 Å². The number of hydrogen-bond acceptors (Lipinski definition) is 2. The van der Waals surface area contributed by atoms with Crippen LogP contribution in [0.2, 0.25) is 0 Å². The van der Waals surface area contributed by atoms with Crippen LogP contribution in [0.5, 0.6) is 0 Å². The minimum atomic E-state index is 0.322. The average molecular weight is 412 g/mol. The molecule has 1 saturated heterocycles. The van der Waals surface area contributed by atoms with Crippen molar-refractivity contribution >= 4 is 28.5 Å². The van der Waals surface area contributed by atoms with Crippen LogP contribution in [0.1, 0.15) is 37.7 Å². The normalized spacial score (nSPS) is 21.0. The third kappa shape index (κ3) is 4.22. The number of benzene rings is 1. The van der Waals surface area contributed by atoms with Crippen LogP contribution in [0.3, 0.4) is 0 Å². The molecule has 0 atom stereocenters. The maximum absolute atomic E-state index is 12.6. The fraction of sp³-hybridized carbons (Fsp3) is 0.611. The first-order valence-corrected chi connectivity index (χ1v) is 9.56. The molecule has 3 nitrogen and oxygen atoms in total. The van der Waals surface area contributed by atoms with Crippen LogP contribution < -0.4 is 0 Å². The predicted octanol–water partition coefficient (Wildman–Crippen LogP) is 3.52. The summed E-state index contributed by atoms with van der Waals surface area (Å²) in [7, 11) is 0. The zero-order chi connectivity index (χ0) is 15.4. The van der Waals surface area contributed by atoms with E-state index in [2.05, 4.69) is 56.7 Å². The standard InChI is InChI=1S/C18H25IN2O/c19-17-8-3-5-15(13-17)14-20-9-4-10-21(12-11-20)18(22)16-6-1-2-7-16/h3,5,8,13,16H,1-2,4,6-7,9-12,14H2. The van der Waals surface area contributed by atoms with Crippen LogP contribution in [0, 0.1) is 9.49 Å². The highest BCUT2D eigenvalue weighted by Gasteiger charge is 2.28. The van der Waals surface area contributed by atoms with Gasteiger partial charge in [-0.2, -0.15) is 0 Å². The van der Waals surface area contributed by atoms with Crippen molar-refractivity contribution in [3.05, 3.63) is 33.4 Å². The molecular weight excluding hydrogens is 387 g/mol. The highest BCUT2D eigenvalue weighted by atomic mass is 127. The van der Waals surface area contributed by atoms with Gasteiger partial charge in [0.1, 0.15) is 0 Å². The molecule has 0 aromatic heterocycles.